The van der Waals surface area contributed by atoms with Gasteiger partial charge in [0.05, 0.1) is 6.61 Å². The van der Waals surface area contributed by atoms with Crippen molar-refractivity contribution in [2.75, 3.05) is 13.2 Å². The van der Waals surface area contributed by atoms with Gasteiger partial charge in [-0.3, -0.25) is 4.79 Å². The van der Waals surface area contributed by atoms with E-state index < -0.39 is 0 Å². The van der Waals surface area contributed by atoms with E-state index in [0.717, 1.165) is 30.8 Å². The molecule has 0 heterocycles. The van der Waals surface area contributed by atoms with Gasteiger partial charge < -0.3 is 15.8 Å². The van der Waals surface area contributed by atoms with Gasteiger partial charge in [-0.15, -0.1) is 12.4 Å². The van der Waals surface area contributed by atoms with Gasteiger partial charge in [0.2, 0.25) is 5.91 Å². The fourth-order valence-electron chi connectivity index (χ4n) is 2.38. The number of benzene rings is 1. The Bertz CT molecular complexity index is 446. The van der Waals surface area contributed by atoms with Crippen LogP contribution in [-0.4, -0.2) is 25.1 Å². The molecule has 1 aromatic rings. The second-order valence-corrected chi connectivity index (χ2v) is 5.74. The van der Waals surface area contributed by atoms with Gasteiger partial charge in [-0.05, 0) is 49.3 Å². The quantitative estimate of drug-likeness (QED) is 0.733. The first-order valence-corrected chi connectivity index (χ1v) is 7.94. The van der Waals surface area contributed by atoms with Gasteiger partial charge in [-0.1, -0.05) is 19.1 Å². The van der Waals surface area contributed by atoms with Gasteiger partial charge in [-0.25, -0.2) is 0 Å². The molecular formula is C17H27ClN2O2. The Balaban J connectivity index is 0.00000242. The van der Waals surface area contributed by atoms with Crippen LogP contribution in [0.2, 0.25) is 0 Å². The molecule has 1 atom stereocenters. The molecule has 0 radical (unpaired) electrons. The molecule has 2 rings (SSSR count). The first-order valence-electron chi connectivity index (χ1n) is 7.94. The lowest BCUT2D eigenvalue weighted by Gasteiger charge is -2.15. The Kier molecular flexibility index (Phi) is 8.28. The van der Waals surface area contributed by atoms with Gasteiger partial charge in [-0.2, -0.15) is 0 Å². The minimum Gasteiger partial charge on any atom is -0.494 e. The van der Waals surface area contributed by atoms with E-state index in [9.17, 15) is 4.79 Å². The van der Waals surface area contributed by atoms with Crippen LogP contribution in [0.15, 0.2) is 24.3 Å². The highest BCUT2D eigenvalue weighted by atomic mass is 35.5. The van der Waals surface area contributed by atoms with Crippen molar-refractivity contribution in [2.45, 2.75) is 45.1 Å². The molecule has 124 valence electrons. The number of carbonyl (C=O) groups is 1. The molecular weight excluding hydrogens is 300 g/mol. The van der Waals surface area contributed by atoms with E-state index in [1.807, 2.05) is 24.3 Å². The molecule has 1 unspecified atom stereocenters. The molecule has 1 amide bonds. The SMILES string of the molecule is CCCOc1ccc(CCC(=O)NC(CN)C2CC2)cc1.Cl. The zero-order valence-corrected chi connectivity index (χ0v) is 14.0. The molecule has 0 spiro atoms. The van der Waals surface area contributed by atoms with Crippen molar-refractivity contribution in [2.24, 2.45) is 11.7 Å². The molecule has 1 aliphatic carbocycles. The third-order valence-corrected chi connectivity index (χ3v) is 3.83. The summed E-state index contributed by atoms with van der Waals surface area (Å²) in [4.78, 5) is 11.9. The minimum absolute atomic E-state index is 0. The lowest BCUT2D eigenvalue weighted by atomic mass is 10.1. The summed E-state index contributed by atoms with van der Waals surface area (Å²) in [5, 5.41) is 3.05. The first kappa shape index (κ1) is 18.8. The molecule has 0 bridgehead atoms. The maximum atomic E-state index is 11.9. The summed E-state index contributed by atoms with van der Waals surface area (Å²) in [6.07, 6.45) is 4.66. The standard InChI is InChI=1S/C17H26N2O2.ClH/c1-2-11-21-15-8-3-13(4-9-15)5-10-17(20)19-16(12-18)14-6-7-14;/h3-4,8-9,14,16H,2,5-7,10-12,18H2,1H3,(H,19,20);1H. The van der Waals surface area contributed by atoms with E-state index in [1.54, 1.807) is 0 Å². The van der Waals surface area contributed by atoms with E-state index in [2.05, 4.69) is 12.2 Å². The average Bonchev–Trinajstić information content (AvgIpc) is 3.34. The number of nitrogens with one attached hydrogen (secondary N) is 1. The zero-order valence-electron chi connectivity index (χ0n) is 13.2. The molecule has 0 saturated heterocycles. The fourth-order valence-corrected chi connectivity index (χ4v) is 2.38. The Morgan fingerprint density at radius 1 is 1.36 bits per heavy atom. The molecule has 1 aliphatic rings. The van der Waals surface area contributed by atoms with Crippen molar-refractivity contribution in [3.05, 3.63) is 29.8 Å². The number of amides is 1. The van der Waals surface area contributed by atoms with Crippen LogP contribution >= 0.6 is 12.4 Å². The largest absolute Gasteiger partial charge is 0.494 e. The topological polar surface area (TPSA) is 64.3 Å². The molecule has 1 aromatic carbocycles. The van der Waals surface area contributed by atoms with Crippen molar-refractivity contribution in [1.29, 1.82) is 0 Å². The van der Waals surface area contributed by atoms with Crippen LogP contribution in [-0.2, 0) is 11.2 Å². The maximum Gasteiger partial charge on any atom is 0.220 e. The normalized spacial score (nSPS) is 14.8. The van der Waals surface area contributed by atoms with Crippen LogP contribution in [0.3, 0.4) is 0 Å². The van der Waals surface area contributed by atoms with Crippen LogP contribution in [0.5, 0.6) is 5.75 Å². The van der Waals surface area contributed by atoms with Crippen molar-refractivity contribution in [3.8, 4) is 5.75 Å². The van der Waals surface area contributed by atoms with Crippen LogP contribution in [0.25, 0.3) is 0 Å². The van der Waals surface area contributed by atoms with Crippen LogP contribution in [0, 0.1) is 5.92 Å². The minimum atomic E-state index is 0. The lowest BCUT2D eigenvalue weighted by Crippen LogP contribution is -2.41. The second-order valence-electron chi connectivity index (χ2n) is 5.74. The van der Waals surface area contributed by atoms with Crippen LogP contribution < -0.4 is 15.8 Å². The van der Waals surface area contributed by atoms with Crippen molar-refractivity contribution >= 4 is 18.3 Å². The van der Waals surface area contributed by atoms with E-state index in [1.165, 1.54) is 12.8 Å². The highest BCUT2D eigenvalue weighted by Crippen LogP contribution is 2.32. The number of ether oxygens (including phenoxy) is 1. The highest BCUT2D eigenvalue weighted by Gasteiger charge is 2.30. The summed E-state index contributed by atoms with van der Waals surface area (Å²) in [6, 6.07) is 8.16. The van der Waals surface area contributed by atoms with E-state index in [4.69, 9.17) is 10.5 Å². The number of hydrogen-bond acceptors (Lipinski definition) is 3. The summed E-state index contributed by atoms with van der Waals surface area (Å²) >= 11 is 0. The first-order chi connectivity index (χ1) is 10.2. The van der Waals surface area contributed by atoms with Crippen molar-refractivity contribution < 1.29 is 9.53 Å². The maximum absolute atomic E-state index is 11.9. The third-order valence-electron chi connectivity index (χ3n) is 3.83. The predicted octanol–water partition coefficient (Wildman–Crippen LogP) is 2.68. The monoisotopic (exact) mass is 326 g/mol. The van der Waals surface area contributed by atoms with Crippen molar-refractivity contribution in [3.63, 3.8) is 0 Å². The van der Waals surface area contributed by atoms with Gasteiger partial charge in [0.15, 0.2) is 0 Å². The average molecular weight is 327 g/mol. The van der Waals surface area contributed by atoms with E-state index in [-0.39, 0.29) is 24.4 Å². The Hall–Kier alpha value is -1.26. The molecule has 1 saturated carbocycles. The molecule has 1 fully saturated rings. The van der Waals surface area contributed by atoms with E-state index in [0.29, 0.717) is 18.9 Å². The number of halogens is 1. The Labute approximate surface area is 139 Å². The number of hydrogen-bond donors (Lipinski definition) is 2. The molecule has 0 aromatic heterocycles. The summed E-state index contributed by atoms with van der Waals surface area (Å²) in [6.45, 7) is 3.37. The summed E-state index contributed by atoms with van der Waals surface area (Å²) < 4.78 is 5.54. The number of nitrogens with two attached hydrogens (primary N) is 1. The van der Waals surface area contributed by atoms with Gasteiger partial charge >= 0.3 is 0 Å². The Morgan fingerprint density at radius 2 is 2.05 bits per heavy atom. The fraction of sp³-hybridized carbons (Fsp3) is 0.588. The molecule has 3 N–H and O–H groups in total. The third kappa shape index (κ3) is 6.24. The summed E-state index contributed by atoms with van der Waals surface area (Å²) in [5.41, 5.74) is 6.85. The number of rotatable bonds is 9. The molecule has 22 heavy (non-hydrogen) atoms. The Morgan fingerprint density at radius 3 is 2.59 bits per heavy atom. The lowest BCUT2D eigenvalue weighted by molar-refractivity contribution is -0.121. The number of carbonyl (C=O) groups excluding carboxylic acids is 1. The smallest absolute Gasteiger partial charge is 0.220 e. The summed E-state index contributed by atoms with van der Waals surface area (Å²) in [5.74, 6) is 1.60. The highest BCUT2D eigenvalue weighted by molar-refractivity contribution is 5.85. The molecule has 4 nitrogen and oxygen atoms in total. The molecule has 5 heteroatoms. The summed E-state index contributed by atoms with van der Waals surface area (Å²) in [7, 11) is 0. The van der Waals surface area contributed by atoms with Crippen molar-refractivity contribution in [1.82, 2.24) is 5.32 Å². The molecule has 0 aliphatic heterocycles. The second kappa shape index (κ2) is 9.70. The zero-order chi connectivity index (χ0) is 15.1. The van der Waals surface area contributed by atoms with E-state index >= 15 is 0 Å². The van der Waals surface area contributed by atoms with Gasteiger partial charge in [0.25, 0.3) is 0 Å². The van der Waals surface area contributed by atoms with Gasteiger partial charge in [0.1, 0.15) is 5.75 Å². The van der Waals surface area contributed by atoms with Crippen LogP contribution in [0.4, 0.5) is 0 Å². The van der Waals surface area contributed by atoms with Crippen LogP contribution in [0.1, 0.15) is 38.2 Å². The number of aryl methyl sites for hydroxylation is 1. The predicted molar refractivity (Wildman–Crippen MR) is 91.5 cm³/mol. The van der Waals surface area contributed by atoms with Gasteiger partial charge in [0, 0.05) is 19.0 Å².